The SMILES string of the molecule is Cc1cccc2c(N3CCN(c4cnn(C)c4)C(=O)C3)ccnc12. The van der Waals surface area contributed by atoms with Gasteiger partial charge in [0.2, 0.25) is 5.91 Å². The minimum Gasteiger partial charge on any atom is -0.360 e. The van der Waals surface area contributed by atoms with Gasteiger partial charge in [-0.1, -0.05) is 18.2 Å². The van der Waals surface area contributed by atoms with Gasteiger partial charge in [0.05, 0.1) is 23.9 Å². The zero-order valence-electron chi connectivity index (χ0n) is 13.8. The highest BCUT2D eigenvalue weighted by atomic mass is 16.2. The molecule has 6 nitrogen and oxygen atoms in total. The molecule has 0 unspecified atom stereocenters. The van der Waals surface area contributed by atoms with E-state index < -0.39 is 0 Å². The Hall–Kier alpha value is -2.89. The van der Waals surface area contributed by atoms with E-state index in [1.807, 2.05) is 31.6 Å². The fourth-order valence-corrected chi connectivity index (χ4v) is 3.28. The minimum absolute atomic E-state index is 0.0897. The number of benzene rings is 1. The molecule has 0 radical (unpaired) electrons. The van der Waals surface area contributed by atoms with Gasteiger partial charge in [-0.05, 0) is 18.6 Å². The third kappa shape index (κ3) is 2.40. The minimum atomic E-state index is 0.0897. The molecule has 1 saturated heterocycles. The number of anilines is 2. The molecule has 1 aliphatic rings. The molecular formula is C18H19N5O. The molecule has 0 atom stereocenters. The first-order chi connectivity index (χ1) is 11.6. The number of piperazine rings is 1. The third-order valence-corrected chi connectivity index (χ3v) is 4.51. The van der Waals surface area contributed by atoms with Crippen LogP contribution in [0.4, 0.5) is 11.4 Å². The number of carbonyl (C=O) groups excluding carboxylic acids is 1. The Kier molecular flexibility index (Phi) is 3.45. The van der Waals surface area contributed by atoms with Gasteiger partial charge in [0.15, 0.2) is 0 Å². The fourth-order valence-electron chi connectivity index (χ4n) is 3.28. The normalized spacial score (nSPS) is 15.3. The van der Waals surface area contributed by atoms with Crippen molar-refractivity contribution in [2.45, 2.75) is 6.92 Å². The Bertz CT molecular complexity index is 917. The highest BCUT2D eigenvalue weighted by Crippen LogP contribution is 2.28. The molecule has 0 N–H and O–H groups in total. The smallest absolute Gasteiger partial charge is 0.246 e. The van der Waals surface area contributed by atoms with Crippen molar-refractivity contribution in [3.05, 3.63) is 48.4 Å². The van der Waals surface area contributed by atoms with Crippen molar-refractivity contribution in [2.75, 3.05) is 29.4 Å². The maximum absolute atomic E-state index is 12.6. The van der Waals surface area contributed by atoms with Crippen molar-refractivity contribution >= 4 is 28.2 Å². The molecule has 1 aliphatic heterocycles. The van der Waals surface area contributed by atoms with Crippen molar-refractivity contribution in [1.29, 1.82) is 0 Å². The number of aromatic nitrogens is 3. The average molecular weight is 321 g/mol. The van der Waals surface area contributed by atoms with Crippen LogP contribution in [0.15, 0.2) is 42.9 Å². The molecule has 6 heteroatoms. The predicted molar refractivity (Wildman–Crippen MR) is 94.3 cm³/mol. The van der Waals surface area contributed by atoms with E-state index in [0.29, 0.717) is 13.1 Å². The molecule has 4 rings (SSSR count). The fraction of sp³-hybridized carbons (Fsp3) is 0.278. The molecule has 1 aromatic carbocycles. The highest BCUT2D eigenvalue weighted by Gasteiger charge is 2.27. The molecule has 122 valence electrons. The molecule has 2 aromatic heterocycles. The summed E-state index contributed by atoms with van der Waals surface area (Å²) in [7, 11) is 1.86. The second-order valence-corrected chi connectivity index (χ2v) is 6.14. The van der Waals surface area contributed by atoms with Crippen molar-refractivity contribution < 1.29 is 4.79 Å². The van der Waals surface area contributed by atoms with Gasteiger partial charge in [-0.25, -0.2) is 0 Å². The summed E-state index contributed by atoms with van der Waals surface area (Å²) in [6.45, 7) is 3.86. The predicted octanol–water partition coefficient (Wildman–Crippen LogP) is 2.13. The van der Waals surface area contributed by atoms with Crippen LogP contribution in [-0.2, 0) is 11.8 Å². The number of rotatable bonds is 2. The molecule has 0 spiro atoms. The van der Waals surface area contributed by atoms with E-state index >= 15 is 0 Å². The van der Waals surface area contributed by atoms with Gasteiger partial charge in [0.1, 0.15) is 0 Å². The Morgan fingerprint density at radius 1 is 1.17 bits per heavy atom. The maximum atomic E-state index is 12.6. The summed E-state index contributed by atoms with van der Waals surface area (Å²) in [6.07, 6.45) is 5.43. The second kappa shape index (κ2) is 5.63. The summed E-state index contributed by atoms with van der Waals surface area (Å²) >= 11 is 0. The average Bonchev–Trinajstić information content (AvgIpc) is 3.01. The van der Waals surface area contributed by atoms with Crippen LogP contribution in [0.25, 0.3) is 10.9 Å². The topological polar surface area (TPSA) is 54.3 Å². The van der Waals surface area contributed by atoms with Crippen LogP contribution >= 0.6 is 0 Å². The van der Waals surface area contributed by atoms with Crippen LogP contribution in [0, 0.1) is 6.92 Å². The molecule has 1 fully saturated rings. The maximum Gasteiger partial charge on any atom is 0.246 e. The van der Waals surface area contributed by atoms with E-state index in [2.05, 4.69) is 34.0 Å². The summed E-state index contributed by atoms with van der Waals surface area (Å²) in [5.74, 6) is 0.0897. The van der Waals surface area contributed by atoms with Crippen molar-refractivity contribution in [3.8, 4) is 0 Å². The summed E-state index contributed by atoms with van der Waals surface area (Å²) in [6, 6.07) is 8.17. The van der Waals surface area contributed by atoms with Crippen molar-refractivity contribution in [1.82, 2.24) is 14.8 Å². The quantitative estimate of drug-likeness (QED) is 0.725. The lowest BCUT2D eigenvalue weighted by atomic mass is 10.1. The van der Waals surface area contributed by atoms with Gasteiger partial charge in [0, 0.05) is 43.6 Å². The van der Waals surface area contributed by atoms with Crippen LogP contribution < -0.4 is 9.80 Å². The second-order valence-electron chi connectivity index (χ2n) is 6.14. The number of fused-ring (bicyclic) bond motifs is 1. The van der Waals surface area contributed by atoms with E-state index in [1.165, 1.54) is 0 Å². The van der Waals surface area contributed by atoms with E-state index in [4.69, 9.17) is 0 Å². The van der Waals surface area contributed by atoms with Crippen LogP contribution in [0.5, 0.6) is 0 Å². The van der Waals surface area contributed by atoms with Crippen LogP contribution in [0.2, 0.25) is 0 Å². The molecular weight excluding hydrogens is 302 g/mol. The Morgan fingerprint density at radius 3 is 2.79 bits per heavy atom. The Labute approximate surface area is 140 Å². The zero-order valence-corrected chi connectivity index (χ0v) is 13.8. The highest BCUT2D eigenvalue weighted by molar-refractivity contribution is 6.00. The molecule has 0 saturated carbocycles. The standard InChI is InChI=1S/C18H19N5O/c1-13-4-3-5-15-16(6-7-19-18(13)15)22-8-9-23(17(24)12-22)14-10-20-21(2)11-14/h3-7,10-11H,8-9,12H2,1-2H3. The number of hydrogen-bond donors (Lipinski definition) is 0. The summed E-state index contributed by atoms with van der Waals surface area (Å²) < 4.78 is 1.72. The van der Waals surface area contributed by atoms with Gasteiger partial charge in [-0.15, -0.1) is 0 Å². The molecule has 3 aromatic rings. The van der Waals surface area contributed by atoms with E-state index in [1.54, 1.807) is 15.8 Å². The van der Waals surface area contributed by atoms with Gasteiger partial charge >= 0.3 is 0 Å². The molecule has 0 bridgehead atoms. The molecule has 0 aliphatic carbocycles. The van der Waals surface area contributed by atoms with Crippen molar-refractivity contribution in [2.24, 2.45) is 7.05 Å². The largest absolute Gasteiger partial charge is 0.360 e. The Morgan fingerprint density at radius 2 is 2.04 bits per heavy atom. The summed E-state index contributed by atoms with van der Waals surface area (Å²) in [5, 5.41) is 5.25. The number of para-hydroxylation sites is 1. The van der Waals surface area contributed by atoms with Gasteiger partial charge < -0.3 is 9.80 Å². The van der Waals surface area contributed by atoms with Crippen LogP contribution in [0.3, 0.4) is 0 Å². The zero-order chi connectivity index (χ0) is 16.7. The van der Waals surface area contributed by atoms with E-state index in [0.717, 1.165) is 34.4 Å². The number of amides is 1. The van der Waals surface area contributed by atoms with E-state index in [9.17, 15) is 4.79 Å². The number of pyridine rings is 1. The first-order valence-electron chi connectivity index (χ1n) is 8.02. The van der Waals surface area contributed by atoms with Gasteiger partial charge in [-0.3, -0.25) is 14.5 Å². The Balaban J connectivity index is 1.64. The van der Waals surface area contributed by atoms with Crippen molar-refractivity contribution in [3.63, 3.8) is 0 Å². The van der Waals surface area contributed by atoms with Gasteiger partial charge in [-0.2, -0.15) is 5.10 Å². The molecule has 1 amide bonds. The number of nitrogens with zero attached hydrogens (tertiary/aromatic N) is 5. The summed E-state index contributed by atoms with van der Waals surface area (Å²) in [5.41, 5.74) is 4.08. The van der Waals surface area contributed by atoms with Crippen LogP contribution in [-0.4, -0.2) is 40.3 Å². The van der Waals surface area contributed by atoms with Crippen LogP contribution in [0.1, 0.15) is 5.56 Å². The van der Waals surface area contributed by atoms with Gasteiger partial charge in [0.25, 0.3) is 0 Å². The monoisotopic (exact) mass is 321 g/mol. The lowest BCUT2D eigenvalue weighted by molar-refractivity contribution is -0.117. The lowest BCUT2D eigenvalue weighted by Gasteiger charge is -2.35. The first kappa shape index (κ1) is 14.7. The van der Waals surface area contributed by atoms with E-state index in [-0.39, 0.29) is 5.91 Å². The lowest BCUT2D eigenvalue weighted by Crippen LogP contribution is -2.50. The molecule has 3 heterocycles. The first-order valence-corrected chi connectivity index (χ1v) is 8.02. The summed E-state index contributed by atoms with van der Waals surface area (Å²) in [4.78, 5) is 21.1. The third-order valence-electron chi connectivity index (χ3n) is 4.51. The molecule has 24 heavy (non-hydrogen) atoms. The number of hydrogen-bond acceptors (Lipinski definition) is 4. The number of aryl methyl sites for hydroxylation is 2. The number of carbonyl (C=O) groups is 1.